The van der Waals surface area contributed by atoms with Crippen LogP contribution in [0.15, 0.2) is 36.4 Å². The maximum absolute atomic E-state index is 13.4. The second kappa shape index (κ2) is 6.91. The van der Waals surface area contributed by atoms with Gasteiger partial charge in [-0.25, -0.2) is 0 Å². The van der Waals surface area contributed by atoms with Gasteiger partial charge in [0, 0.05) is 16.9 Å². The molecule has 0 saturated heterocycles. The van der Waals surface area contributed by atoms with E-state index in [-0.39, 0.29) is 17.0 Å². The van der Waals surface area contributed by atoms with E-state index in [1.807, 2.05) is 38.1 Å². The van der Waals surface area contributed by atoms with Crippen LogP contribution in [0.4, 0.5) is 0 Å². The van der Waals surface area contributed by atoms with E-state index in [0.717, 1.165) is 53.5 Å². The molecule has 2 aliphatic rings. The number of hydrogen-bond donors (Lipinski definition) is 0. The monoisotopic (exact) mass is 380 g/mol. The van der Waals surface area contributed by atoms with Crippen LogP contribution in [0.25, 0.3) is 11.1 Å². The molecule has 1 unspecified atom stereocenters. The summed E-state index contributed by atoms with van der Waals surface area (Å²) >= 11 is 6.00. The van der Waals surface area contributed by atoms with Crippen LogP contribution in [0.2, 0.25) is 5.02 Å². The molecule has 0 bridgehead atoms. The molecule has 1 spiro atoms. The lowest BCUT2D eigenvalue weighted by molar-refractivity contribution is -0.129. The summed E-state index contributed by atoms with van der Waals surface area (Å²) in [6, 6.07) is 12.0. The molecule has 4 rings (SSSR count). The van der Waals surface area contributed by atoms with Crippen LogP contribution >= 0.6 is 11.6 Å². The van der Waals surface area contributed by atoms with E-state index in [1.54, 1.807) is 0 Å². The van der Waals surface area contributed by atoms with Crippen LogP contribution in [0.1, 0.15) is 61.1 Å². The Bertz CT molecular complexity index is 881. The van der Waals surface area contributed by atoms with E-state index in [1.165, 1.54) is 6.42 Å². The van der Waals surface area contributed by atoms with E-state index < -0.39 is 5.92 Å². The Balaban J connectivity index is 1.73. The zero-order valence-corrected chi connectivity index (χ0v) is 16.7. The van der Waals surface area contributed by atoms with E-state index in [2.05, 4.69) is 12.1 Å². The van der Waals surface area contributed by atoms with Crippen molar-refractivity contribution in [3.8, 4) is 11.1 Å². The molecule has 2 aliphatic carbocycles. The zero-order chi connectivity index (χ0) is 19.2. The maximum Gasteiger partial charge on any atom is 0.154 e. The Kier molecular flexibility index (Phi) is 4.71. The number of ketones is 2. The van der Waals surface area contributed by atoms with Crippen LogP contribution in [0.5, 0.6) is 0 Å². The van der Waals surface area contributed by atoms with Crippen molar-refractivity contribution >= 4 is 23.2 Å². The zero-order valence-electron chi connectivity index (χ0n) is 16.0. The predicted molar refractivity (Wildman–Crippen MR) is 109 cm³/mol. The fraction of sp³-hybridized carbons (Fsp3) is 0.417. The first-order valence-corrected chi connectivity index (χ1v) is 10.2. The SMILES string of the molecule is Cc1cc(-c2ccc(Cl)cc2)cc(C)c1C1C(=O)CC2(CCCCC2)C1=O. The van der Waals surface area contributed by atoms with Crippen molar-refractivity contribution in [2.24, 2.45) is 5.41 Å². The summed E-state index contributed by atoms with van der Waals surface area (Å²) in [7, 11) is 0. The molecule has 2 saturated carbocycles. The second-order valence-electron chi connectivity index (χ2n) is 8.31. The van der Waals surface area contributed by atoms with Gasteiger partial charge in [-0.3, -0.25) is 9.59 Å². The maximum atomic E-state index is 13.4. The molecule has 0 N–H and O–H groups in total. The molecule has 0 amide bonds. The fourth-order valence-corrected chi connectivity index (χ4v) is 5.28. The number of hydrogen-bond acceptors (Lipinski definition) is 2. The fourth-order valence-electron chi connectivity index (χ4n) is 5.16. The summed E-state index contributed by atoms with van der Waals surface area (Å²) in [5.41, 5.74) is 4.79. The van der Waals surface area contributed by atoms with Crippen molar-refractivity contribution in [3.05, 3.63) is 58.1 Å². The number of aryl methyl sites for hydroxylation is 2. The summed E-state index contributed by atoms with van der Waals surface area (Å²) in [5.74, 6) is -0.271. The number of carbonyl (C=O) groups is 2. The van der Waals surface area contributed by atoms with Crippen molar-refractivity contribution in [1.29, 1.82) is 0 Å². The van der Waals surface area contributed by atoms with Crippen molar-refractivity contribution in [2.75, 3.05) is 0 Å². The van der Waals surface area contributed by atoms with E-state index in [9.17, 15) is 9.59 Å². The van der Waals surface area contributed by atoms with Gasteiger partial charge in [0.15, 0.2) is 5.78 Å². The third-order valence-electron chi connectivity index (χ3n) is 6.49. The van der Waals surface area contributed by atoms with Crippen molar-refractivity contribution in [3.63, 3.8) is 0 Å². The second-order valence-corrected chi connectivity index (χ2v) is 8.75. The van der Waals surface area contributed by atoms with Crippen LogP contribution in [0, 0.1) is 19.3 Å². The molecule has 2 nitrogen and oxygen atoms in total. The average Bonchev–Trinajstić information content (AvgIpc) is 2.86. The third kappa shape index (κ3) is 3.14. The van der Waals surface area contributed by atoms with Gasteiger partial charge in [-0.2, -0.15) is 0 Å². The number of rotatable bonds is 2. The van der Waals surface area contributed by atoms with Crippen LogP contribution in [-0.4, -0.2) is 11.6 Å². The first-order chi connectivity index (χ1) is 12.9. The van der Waals surface area contributed by atoms with Crippen LogP contribution < -0.4 is 0 Å². The highest BCUT2D eigenvalue weighted by molar-refractivity contribution is 6.30. The van der Waals surface area contributed by atoms with E-state index >= 15 is 0 Å². The van der Waals surface area contributed by atoms with Crippen LogP contribution in [0.3, 0.4) is 0 Å². The lowest BCUT2D eigenvalue weighted by atomic mass is 9.71. The van der Waals surface area contributed by atoms with Crippen molar-refractivity contribution in [2.45, 2.75) is 58.3 Å². The first kappa shape index (κ1) is 18.4. The summed E-state index contributed by atoms with van der Waals surface area (Å²) in [6.07, 6.45) is 5.53. The topological polar surface area (TPSA) is 34.1 Å². The predicted octanol–water partition coefficient (Wildman–Crippen LogP) is 6.20. The molecular formula is C24H25ClO2. The lowest BCUT2D eigenvalue weighted by Crippen LogP contribution is -2.30. The van der Waals surface area contributed by atoms with Gasteiger partial charge in [0.2, 0.25) is 0 Å². The highest BCUT2D eigenvalue weighted by Gasteiger charge is 2.53. The first-order valence-electron chi connectivity index (χ1n) is 9.85. The minimum absolute atomic E-state index is 0.118. The molecule has 140 valence electrons. The van der Waals surface area contributed by atoms with E-state index in [0.29, 0.717) is 11.4 Å². The highest BCUT2D eigenvalue weighted by Crippen LogP contribution is 2.51. The molecule has 3 heteroatoms. The molecule has 0 aliphatic heterocycles. The summed E-state index contributed by atoms with van der Waals surface area (Å²) in [6.45, 7) is 4.04. The lowest BCUT2D eigenvalue weighted by Gasteiger charge is -2.31. The van der Waals surface area contributed by atoms with E-state index in [4.69, 9.17) is 11.6 Å². The Hall–Kier alpha value is -1.93. The van der Waals surface area contributed by atoms with Crippen molar-refractivity contribution in [1.82, 2.24) is 0 Å². The molecule has 0 radical (unpaired) electrons. The van der Waals surface area contributed by atoms with Gasteiger partial charge >= 0.3 is 0 Å². The molecule has 2 aromatic carbocycles. The minimum Gasteiger partial charge on any atom is -0.298 e. The Morgan fingerprint density at radius 3 is 2.07 bits per heavy atom. The summed E-state index contributed by atoms with van der Waals surface area (Å²) in [5, 5.41) is 0.712. The number of benzene rings is 2. The quantitative estimate of drug-likeness (QED) is 0.581. The van der Waals surface area contributed by atoms with Gasteiger partial charge in [-0.15, -0.1) is 0 Å². The standard InChI is InChI=1S/C24H25ClO2/c1-15-12-18(17-6-8-19(25)9-7-17)13-16(2)21(15)22-20(26)14-24(23(22)27)10-4-3-5-11-24/h6-9,12-13,22H,3-5,10-11,14H2,1-2H3. The van der Waals surface area contributed by atoms with Gasteiger partial charge in [-0.05, 0) is 66.6 Å². The molecule has 1 atom stereocenters. The molecule has 0 heterocycles. The normalized spacial score (nSPS) is 21.8. The molecule has 0 aromatic heterocycles. The van der Waals surface area contributed by atoms with Gasteiger partial charge in [-0.1, -0.05) is 55.1 Å². The summed E-state index contributed by atoms with van der Waals surface area (Å²) in [4.78, 5) is 26.3. The van der Waals surface area contributed by atoms with Gasteiger partial charge in [0.1, 0.15) is 11.7 Å². The number of carbonyl (C=O) groups excluding carboxylic acids is 2. The van der Waals surface area contributed by atoms with Gasteiger partial charge in [0.25, 0.3) is 0 Å². The third-order valence-corrected chi connectivity index (χ3v) is 6.74. The smallest absolute Gasteiger partial charge is 0.154 e. The Morgan fingerprint density at radius 1 is 0.889 bits per heavy atom. The van der Waals surface area contributed by atoms with Crippen molar-refractivity contribution < 1.29 is 9.59 Å². The molecule has 2 fully saturated rings. The Morgan fingerprint density at radius 2 is 1.48 bits per heavy atom. The number of halogens is 1. The number of Topliss-reactive ketones (excluding diaryl/α,β-unsaturated/α-hetero) is 2. The summed E-state index contributed by atoms with van der Waals surface area (Å²) < 4.78 is 0. The Labute approximate surface area is 165 Å². The van der Waals surface area contributed by atoms with Gasteiger partial charge < -0.3 is 0 Å². The largest absolute Gasteiger partial charge is 0.298 e. The van der Waals surface area contributed by atoms with Crippen LogP contribution in [-0.2, 0) is 9.59 Å². The average molecular weight is 381 g/mol. The minimum atomic E-state index is -0.567. The molecule has 2 aromatic rings. The molecule has 27 heavy (non-hydrogen) atoms. The molecular weight excluding hydrogens is 356 g/mol. The highest BCUT2D eigenvalue weighted by atomic mass is 35.5. The van der Waals surface area contributed by atoms with Gasteiger partial charge in [0.05, 0.1) is 0 Å².